The van der Waals surface area contributed by atoms with Crippen LogP contribution in [-0.2, 0) is 16.6 Å². The molecule has 0 aliphatic heterocycles. The molecule has 1 fully saturated rings. The molecule has 0 saturated heterocycles. The van der Waals surface area contributed by atoms with Crippen molar-refractivity contribution in [2.45, 2.75) is 24.7 Å². The van der Waals surface area contributed by atoms with E-state index in [9.17, 15) is 9.18 Å². The molecule has 1 saturated carbocycles. The molecule has 0 atom stereocenters. The number of aliphatic imine (C=N–C) groups is 1. The van der Waals surface area contributed by atoms with Gasteiger partial charge in [0.2, 0.25) is 5.91 Å². The smallest absolute Gasteiger partial charge is 0.243 e. The maximum absolute atomic E-state index is 13.6. The van der Waals surface area contributed by atoms with Gasteiger partial charge in [0.05, 0.1) is 0 Å². The standard InChI is InChI=1S/C21H27FN4OS/c1-26(2)19(27)14-24-20(23-11-8-18-7-4-12-28-18)25-15-21(9-10-21)16-5-3-6-17(22)13-16/h3-7,12-13H,8-11,14-15H2,1-2H3,(H2,23,24,25). The molecule has 0 spiro atoms. The highest BCUT2D eigenvalue weighted by atomic mass is 32.1. The summed E-state index contributed by atoms with van der Waals surface area (Å²) >= 11 is 1.73. The SMILES string of the molecule is CN(C)C(=O)CN=C(NCCc1cccs1)NCC1(c2cccc(F)c2)CC1. The quantitative estimate of drug-likeness (QED) is 0.527. The number of nitrogens with zero attached hydrogens (tertiary/aromatic N) is 2. The summed E-state index contributed by atoms with van der Waals surface area (Å²) in [6.45, 7) is 1.49. The second-order valence-electron chi connectivity index (χ2n) is 7.35. The summed E-state index contributed by atoms with van der Waals surface area (Å²) in [5.74, 6) is 0.364. The number of thiophene rings is 1. The van der Waals surface area contributed by atoms with E-state index in [-0.39, 0.29) is 23.7 Å². The summed E-state index contributed by atoms with van der Waals surface area (Å²) in [6.07, 6.45) is 2.93. The van der Waals surface area contributed by atoms with Gasteiger partial charge in [0.25, 0.3) is 0 Å². The first-order valence-electron chi connectivity index (χ1n) is 9.49. The molecule has 150 valence electrons. The van der Waals surface area contributed by atoms with Crippen LogP contribution in [0.3, 0.4) is 0 Å². The fraction of sp³-hybridized carbons (Fsp3) is 0.429. The van der Waals surface area contributed by atoms with Gasteiger partial charge in [-0.05, 0) is 48.4 Å². The number of likely N-dealkylation sites (N-methyl/N-ethyl adjacent to an activating group) is 1. The van der Waals surface area contributed by atoms with Crippen LogP contribution in [0.25, 0.3) is 0 Å². The molecular weight excluding hydrogens is 375 g/mol. The predicted molar refractivity (Wildman–Crippen MR) is 112 cm³/mol. The second kappa shape index (κ2) is 9.19. The number of carbonyl (C=O) groups excluding carboxylic acids is 1. The van der Waals surface area contributed by atoms with Gasteiger partial charge in [0.15, 0.2) is 5.96 Å². The minimum absolute atomic E-state index is 0.0503. The van der Waals surface area contributed by atoms with Gasteiger partial charge >= 0.3 is 0 Å². The van der Waals surface area contributed by atoms with Gasteiger partial charge in [0.1, 0.15) is 12.4 Å². The molecule has 28 heavy (non-hydrogen) atoms. The zero-order valence-corrected chi connectivity index (χ0v) is 17.2. The van der Waals surface area contributed by atoms with Gasteiger partial charge in [-0.1, -0.05) is 18.2 Å². The number of nitrogens with one attached hydrogen (secondary N) is 2. The third-order valence-electron chi connectivity index (χ3n) is 5.00. The molecule has 1 aromatic heterocycles. The number of benzene rings is 1. The zero-order valence-electron chi connectivity index (χ0n) is 16.4. The van der Waals surface area contributed by atoms with Crippen LogP contribution >= 0.6 is 11.3 Å². The Kier molecular flexibility index (Phi) is 6.67. The first kappa shape index (κ1) is 20.3. The van der Waals surface area contributed by atoms with Crippen molar-refractivity contribution in [1.82, 2.24) is 15.5 Å². The highest BCUT2D eigenvalue weighted by Crippen LogP contribution is 2.47. The van der Waals surface area contributed by atoms with Crippen LogP contribution in [0.5, 0.6) is 0 Å². The van der Waals surface area contributed by atoms with Crippen LogP contribution in [0.15, 0.2) is 46.8 Å². The second-order valence-corrected chi connectivity index (χ2v) is 8.39. The number of hydrogen-bond donors (Lipinski definition) is 2. The largest absolute Gasteiger partial charge is 0.356 e. The Balaban J connectivity index is 1.61. The summed E-state index contributed by atoms with van der Waals surface area (Å²) in [6, 6.07) is 11.0. The van der Waals surface area contributed by atoms with E-state index in [1.54, 1.807) is 37.6 Å². The number of carbonyl (C=O) groups is 1. The number of guanidine groups is 1. The van der Waals surface area contributed by atoms with Crippen molar-refractivity contribution < 1.29 is 9.18 Å². The molecule has 0 radical (unpaired) electrons. The summed E-state index contributed by atoms with van der Waals surface area (Å²) in [5.41, 5.74) is 0.964. The van der Waals surface area contributed by atoms with Gasteiger partial charge in [-0.3, -0.25) is 4.79 Å². The molecule has 0 unspecified atom stereocenters. The molecule has 1 aliphatic carbocycles. The van der Waals surface area contributed by atoms with Gasteiger partial charge < -0.3 is 15.5 Å². The van der Waals surface area contributed by atoms with E-state index in [0.717, 1.165) is 31.4 Å². The van der Waals surface area contributed by atoms with Crippen molar-refractivity contribution in [3.8, 4) is 0 Å². The Morgan fingerprint density at radius 2 is 2.07 bits per heavy atom. The van der Waals surface area contributed by atoms with Crippen molar-refractivity contribution in [3.63, 3.8) is 0 Å². The molecular formula is C21H27FN4OS. The van der Waals surface area contributed by atoms with Gasteiger partial charge in [-0.15, -0.1) is 11.3 Å². The van der Waals surface area contributed by atoms with Crippen molar-refractivity contribution >= 4 is 23.2 Å². The lowest BCUT2D eigenvalue weighted by Gasteiger charge is -2.19. The third kappa shape index (κ3) is 5.55. The normalized spacial score (nSPS) is 15.2. The number of amides is 1. The van der Waals surface area contributed by atoms with Crippen LogP contribution in [0.2, 0.25) is 0 Å². The monoisotopic (exact) mass is 402 g/mol. The summed E-state index contributed by atoms with van der Waals surface area (Å²) in [7, 11) is 3.44. The van der Waals surface area contributed by atoms with Crippen LogP contribution in [0, 0.1) is 5.82 Å². The fourth-order valence-corrected chi connectivity index (χ4v) is 3.72. The lowest BCUT2D eigenvalue weighted by Crippen LogP contribution is -2.42. The highest BCUT2D eigenvalue weighted by Gasteiger charge is 2.44. The average molecular weight is 403 g/mol. The molecule has 0 bridgehead atoms. The van der Waals surface area contributed by atoms with E-state index < -0.39 is 0 Å². The first-order valence-corrected chi connectivity index (χ1v) is 10.4. The van der Waals surface area contributed by atoms with Crippen LogP contribution in [0.4, 0.5) is 4.39 Å². The van der Waals surface area contributed by atoms with E-state index in [4.69, 9.17) is 0 Å². The number of hydrogen-bond acceptors (Lipinski definition) is 3. The summed E-state index contributed by atoms with van der Waals surface area (Å²) < 4.78 is 13.6. The lowest BCUT2D eigenvalue weighted by molar-refractivity contribution is -0.127. The Morgan fingerprint density at radius 1 is 1.25 bits per heavy atom. The fourth-order valence-electron chi connectivity index (χ4n) is 3.01. The van der Waals surface area contributed by atoms with Gasteiger partial charge in [0, 0.05) is 37.5 Å². The average Bonchev–Trinajstić information content (AvgIpc) is 3.29. The molecule has 1 heterocycles. The molecule has 1 amide bonds. The summed E-state index contributed by atoms with van der Waals surface area (Å²) in [5, 5.41) is 8.74. The minimum atomic E-state index is -0.205. The number of halogens is 1. The first-order chi connectivity index (χ1) is 13.5. The predicted octanol–water partition coefficient (Wildman–Crippen LogP) is 2.78. The van der Waals surface area contributed by atoms with Gasteiger partial charge in [-0.2, -0.15) is 0 Å². The topological polar surface area (TPSA) is 56.7 Å². The zero-order chi connectivity index (χ0) is 20.0. The maximum Gasteiger partial charge on any atom is 0.243 e. The Morgan fingerprint density at radius 3 is 2.71 bits per heavy atom. The summed E-state index contributed by atoms with van der Waals surface area (Å²) in [4.78, 5) is 19.2. The number of rotatable bonds is 8. The van der Waals surface area contributed by atoms with Crippen molar-refractivity contribution in [2.24, 2.45) is 4.99 Å². The molecule has 3 rings (SSSR count). The Labute approximate surface area is 169 Å². The highest BCUT2D eigenvalue weighted by molar-refractivity contribution is 7.09. The molecule has 5 nitrogen and oxygen atoms in total. The molecule has 1 aliphatic rings. The van der Waals surface area contributed by atoms with E-state index in [1.165, 1.54) is 15.8 Å². The molecule has 2 aromatic rings. The van der Waals surface area contributed by atoms with E-state index in [0.29, 0.717) is 12.5 Å². The van der Waals surface area contributed by atoms with E-state index in [1.807, 2.05) is 12.1 Å². The molecule has 7 heteroatoms. The van der Waals surface area contributed by atoms with Crippen LogP contribution in [-0.4, -0.2) is 50.5 Å². The molecule has 1 aromatic carbocycles. The lowest BCUT2D eigenvalue weighted by atomic mass is 9.96. The van der Waals surface area contributed by atoms with Crippen molar-refractivity contribution in [3.05, 3.63) is 58.0 Å². The van der Waals surface area contributed by atoms with Crippen LogP contribution < -0.4 is 10.6 Å². The van der Waals surface area contributed by atoms with Crippen LogP contribution in [0.1, 0.15) is 23.3 Å². The Hall–Kier alpha value is -2.41. The molecule has 2 N–H and O–H groups in total. The van der Waals surface area contributed by atoms with Crippen molar-refractivity contribution in [2.75, 3.05) is 33.7 Å². The van der Waals surface area contributed by atoms with Crippen molar-refractivity contribution in [1.29, 1.82) is 0 Å². The Bertz CT molecular complexity index is 816. The van der Waals surface area contributed by atoms with E-state index in [2.05, 4.69) is 27.1 Å². The third-order valence-corrected chi connectivity index (χ3v) is 5.94. The van der Waals surface area contributed by atoms with E-state index >= 15 is 0 Å². The minimum Gasteiger partial charge on any atom is -0.356 e. The maximum atomic E-state index is 13.6. The van der Waals surface area contributed by atoms with Gasteiger partial charge in [-0.25, -0.2) is 9.38 Å².